The number of aliphatic carboxylic acids is 1. The van der Waals surface area contributed by atoms with Crippen LogP contribution in [0.2, 0.25) is 0 Å². The van der Waals surface area contributed by atoms with Gasteiger partial charge in [0.15, 0.2) is 6.04 Å². The van der Waals surface area contributed by atoms with Crippen LogP contribution in [0, 0.1) is 0 Å². The third-order valence-electron chi connectivity index (χ3n) is 1.66. The lowest BCUT2D eigenvalue weighted by Gasteiger charge is -2.19. The summed E-state index contributed by atoms with van der Waals surface area (Å²) in [5.74, 6) is -5.42. The largest absolute Gasteiger partial charge is 0.480 e. The molecule has 1 aromatic heterocycles. The van der Waals surface area contributed by atoms with Gasteiger partial charge in [0.05, 0.1) is 0 Å². The first-order valence-corrected chi connectivity index (χ1v) is 3.74. The summed E-state index contributed by atoms with van der Waals surface area (Å²) in [5.41, 5.74) is 4.19. The first-order valence-electron chi connectivity index (χ1n) is 3.74. The monoisotopic (exact) mass is 202 g/mol. The Morgan fingerprint density at radius 2 is 2.21 bits per heavy atom. The molecule has 4 nitrogen and oxygen atoms in total. The van der Waals surface area contributed by atoms with Crippen LogP contribution in [0.15, 0.2) is 24.4 Å². The van der Waals surface area contributed by atoms with E-state index < -0.39 is 23.6 Å². The zero-order valence-electron chi connectivity index (χ0n) is 7.02. The van der Waals surface area contributed by atoms with Gasteiger partial charge in [0.1, 0.15) is 5.69 Å². The molecule has 0 amide bonds. The third kappa shape index (κ3) is 1.85. The van der Waals surface area contributed by atoms with Crippen molar-refractivity contribution < 1.29 is 18.7 Å². The number of rotatable bonds is 3. The maximum atomic E-state index is 13.2. The summed E-state index contributed by atoms with van der Waals surface area (Å²) in [6.45, 7) is 0. The Labute approximate surface area is 78.4 Å². The summed E-state index contributed by atoms with van der Waals surface area (Å²) in [6, 6.07) is 1.54. The van der Waals surface area contributed by atoms with E-state index in [-0.39, 0.29) is 0 Å². The van der Waals surface area contributed by atoms with Gasteiger partial charge in [-0.1, -0.05) is 6.07 Å². The molecule has 0 aliphatic rings. The highest BCUT2D eigenvalue weighted by atomic mass is 19.3. The van der Waals surface area contributed by atoms with Crippen LogP contribution in [0.1, 0.15) is 5.69 Å². The molecule has 0 bridgehead atoms. The molecule has 0 saturated heterocycles. The Morgan fingerprint density at radius 3 is 2.64 bits per heavy atom. The summed E-state index contributed by atoms with van der Waals surface area (Å²) in [7, 11) is 0. The van der Waals surface area contributed by atoms with Gasteiger partial charge in [0.2, 0.25) is 0 Å². The fourth-order valence-corrected chi connectivity index (χ4v) is 0.874. The topological polar surface area (TPSA) is 76.2 Å². The molecule has 6 heteroatoms. The van der Waals surface area contributed by atoms with E-state index >= 15 is 0 Å². The van der Waals surface area contributed by atoms with Crippen LogP contribution in [0.4, 0.5) is 8.78 Å². The van der Waals surface area contributed by atoms with Crippen molar-refractivity contribution in [2.45, 2.75) is 12.0 Å². The van der Waals surface area contributed by atoms with Gasteiger partial charge in [0.25, 0.3) is 0 Å². The van der Waals surface area contributed by atoms with Crippen LogP contribution in [0.25, 0.3) is 0 Å². The first kappa shape index (κ1) is 10.5. The minimum atomic E-state index is -3.66. The normalized spacial score (nSPS) is 13.6. The van der Waals surface area contributed by atoms with Crippen molar-refractivity contribution in [2.24, 2.45) is 5.73 Å². The predicted octanol–water partition coefficient (Wildman–Crippen LogP) is 0.585. The molecule has 0 aliphatic heterocycles. The van der Waals surface area contributed by atoms with Crippen LogP contribution in [0.5, 0.6) is 0 Å². The Bertz CT molecular complexity index is 329. The number of hydrogen-bond donors (Lipinski definition) is 2. The van der Waals surface area contributed by atoms with Gasteiger partial charge in [0, 0.05) is 6.20 Å². The second kappa shape index (κ2) is 3.67. The van der Waals surface area contributed by atoms with Crippen molar-refractivity contribution in [3.63, 3.8) is 0 Å². The van der Waals surface area contributed by atoms with E-state index in [0.29, 0.717) is 0 Å². The van der Waals surface area contributed by atoms with E-state index in [2.05, 4.69) is 4.98 Å². The molecule has 3 N–H and O–H groups in total. The van der Waals surface area contributed by atoms with Crippen molar-refractivity contribution in [3.05, 3.63) is 30.1 Å². The molecule has 1 atom stereocenters. The molecule has 14 heavy (non-hydrogen) atoms. The SMILES string of the molecule is NC(C(=O)O)C(F)(F)c1ccccn1. The molecule has 1 rings (SSSR count). The fraction of sp³-hybridized carbons (Fsp3) is 0.250. The standard InChI is InChI=1S/C8H8F2N2O2/c9-8(10,6(11)7(13)14)5-3-1-2-4-12-5/h1-4,6H,11H2,(H,13,14). The van der Waals surface area contributed by atoms with E-state index in [9.17, 15) is 13.6 Å². The van der Waals surface area contributed by atoms with Crippen LogP contribution in [0.3, 0.4) is 0 Å². The minimum absolute atomic E-state index is 0.644. The smallest absolute Gasteiger partial charge is 0.327 e. The predicted molar refractivity (Wildman–Crippen MR) is 43.7 cm³/mol. The maximum absolute atomic E-state index is 13.2. The zero-order valence-corrected chi connectivity index (χ0v) is 7.02. The number of carbonyl (C=O) groups is 1. The molecule has 0 radical (unpaired) electrons. The number of aromatic nitrogens is 1. The van der Waals surface area contributed by atoms with Crippen LogP contribution < -0.4 is 5.73 Å². The number of pyridine rings is 1. The third-order valence-corrected chi connectivity index (χ3v) is 1.66. The number of carboxylic acids is 1. The van der Waals surface area contributed by atoms with E-state index in [1.165, 1.54) is 12.1 Å². The summed E-state index contributed by atoms with van der Waals surface area (Å²) < 4.78 is 26.5. The highest BCUT2D eigenvalue weighted by molar-refractivity contribution is 5.74. The maximum Gasteiger partial charge on any atom is 0.327 e. The lowest BCUT2D eigenvalue weighted by Crippen LogP contribution is -2.45. The van der Waals surface area contributed by atoms with Gasteiger partial charge in [-0.05, 0) is 12.1 Å². The summed E-state index contributed by atoms with van der Waals surface area (Å²) in [5, 5.41) is 8.35. The van der Waals surface area contributed by atoms with Crippen molar-refractivity contribution in [3.8, 4) is 0 Å². The molecule has 0 aromatic carbocycles. The Kier molecular flexibility index (Phi) is 2.76. The first-order chi connectivity index (χ1) is 6.46. The number of nitrogens with two attached hydrogens (primary N) is 1. The van der Waals surface area contributed by atoms with Crippen molar-refractivity contribution in [1.82, 2.24) is 4.98 Å². The van der Waals surface area contributed by atoms with Crippen molar-refractivity contribution >= 4 is 5.97 Å². The number of hydrogen-bond acceptors (Lipinski definition) is 3. The number of alkyl halides is 2. The highest BCUT2D eigenvalue weighted by Crippen LogP contribution is 2.28. The zero-order chi connectivity index (χ0) is 10.8. The number of carboxylic acid groups (broad SMARTS) is 1. The molecular weight excluding hydrogens is 194 g/mol. The van der Waals surface area contributed by atoms with Gasteiger partial charge < -0.3 is 10.8 Å². The van der Waals surface area contributed by atoms with Gasteiger partial charge in [-0.15, -0.1) is 0 Å². The van der Waals surface area contributed by atoms with Gasteiger partial charge >= 0.3 is 11.9 Å². The molecule has 0 aliphatic carbocycles. The molecule has 1 aromatic rings. The number of nitrogens with zero attached hydrogens (tertiary/aromatic N) is 1. The highest BCUT2D eigenvalue weighted by Gasteiger charge is 2.44. The molecule has 0 saturated carbocycles. The molecule has 1 unspecified atom stereocenters. The van der Waals surface area contributed by atoms with Gasteiger partial charge in [-0.2, -0.15) is 8.78 Å². The molecule has 1 heterocycles. The van der Waals surface area contributed by atoms with Crippen molar-refractivity contribution in [1.29, 1.82) is 0 Å². The summed E-state index contributed by atoms with van der Waals surface area (Å²) >= 11 is 0. The second-order valence-electron chi connectivity index (χ2n) is 2.65. The van der Waals surface area contributed by atoms with E-state index in [0.717, 1.165) is 12.3 Å². The molecule has 0 spiro atoms. The molecule has 76 valence electrons. The fourth-order valence-electron chi connectivity index (χ4n) is 0.874. The lowest BCUT2D eigenvalue weighted by molar-refractivity contribution is -0.149. The van der Waals surface area contributed by atoms with E-state index in [4.69, 9.17) is 10.8 Å². The summed E-state index contributed by atoms with van der Waals surface area (Å²) in [4.78, 5) is 13.6. The Hall–Kier alpha value is -1.56. The second-order valence-corrected chi connectivity index (χ2v) is 2.65. The van der Waals surface area contributed by atoms with E-state index in [1.54, 1.807) is 0 Å². The Morgan fingerprint density at radius 1 is 1.57 bits per heavy atom. The number of halogens is 2. The Balaban J connectivity index is 3.02. The average molecular weight is 202 g/mol. The average Bonchev–Trinajstić information content (AvgIpc) is 2.18. The van der Waals surface area contributed by atoms with Crippen molar-refractivity contribution in [2.75, 3.05) is 0 Å². The van der Waals surface area contributed by atoms with Crippen LogP contribution >= 0.6 is 0 Å². The van der Waals surface area contributed by atoms with Crippen LogP contribution in [-0.4, -0.2) is 22.1 Å². The van der Waals surface area contributed by atoms with Crippen LogP contribution in [-0.2, 0) is 10.7 Å². The van der Waals surface area contributed by atoms with Gasteiger partial charge in [-0.25, -0.2) is 0 Å². The molecular formula is C8H8F2N2O2. The summed E-state index contributed by atoms with van der Waals surface area (Å²) in [6.07, 6.45) is 1.15. The van der Waals surface area contributed by atoms with E-state index in [1.807, 2.05) is 0 Å². The lowest BCUT2D eigenvalue weighted by atomic mass is 10.1. The van der Waals surface area contributed by atoms with Gasteiger partial charge in [-0.3, -0.25) is 9.78 Å². The quantitative estimate of drug-likeness (QED) is 0.751. The molecule has 0 fully saturated rings. The minimum Gasteiger partial charge on any atom is -0.480 e.